The molecule has 0 heterocycles. The second-order valence-corrected chi connectivity index (χ2v) is 5.81. The fourth-order valence-electron chi connectivity index (χ4n) is 2.24. The minimum Gasteiger partial charge on any atom is -0.354 e. The summed E-state index contributed by atoms with van der Waals surface area (Å²) in [5.41, 5.74) is 2.64. The molecule has 114 valence electrons. The third-order valence-electron chi connectivity index (χ3n) is 3.40. The van der Waals surface area contributed by atoms with Gasteiger partial charge in [0.15, 0.2) is 5.78 Å². The maximum atomic E-state index is 12.5. The minimum absolute atomic E-state index is 0.0973. The van der Waals surface area contributed by atoms with Gasteiger partial charge >= 0.3 is 0 Å². The number of anilines is 2. The Kier molecular flexibility index (Phi) is 4.65. The van der Waals surface area contributed by atoms with Gasteiger partial charge in [-0.05, 0) is 30.3 Å². The van der Waals surface area contributed by atoms with Crippen molar-refractivity contribution in [3.05, 3.63) is 94.0 Å². The first kappa shape index (κ1) is 15.6. The number of hydrogen-bond acceptors (Lipinski definition) is 2. The van der Waals surface area contributed by atoms with Gasteiger partial charge in [-0.1, -0.05) is 65.7 Å². The Hall–Kier alpha value is -2.29. The van der Waals surface area contributed by atoms with E-state index < -0.39 is 0 Å². The zero-order chi connectivity index (χ0) is 16.2. The zero-order valence-electron chi connectivity index (χ0n) is 12.1. The maximum Gasteiger partial charge on any atom is 0.194 e. The average molecular weight is 342 g/mol. The summed E-state index contributed by atoms with van der Waals surface area (Å²) in [5.74, 6) is -0.0973. The number of ketones is 1. The first-order chi connectivity index (χ1) is 11.1. The van der Waals surface area contributed by atoms with Gasteiger partial charge in [-0.15, -0.1) is 0 Å². The molecule has 0 aliphatic rings. The first-order valence-corrected chi connectivity index (χ1v) is 7.81. The lowest BCUT2D eigenvalue weighted by Gasteiger charge is -2.10. The van der Waals surface area contributed by atoms with E-state index in [1.54, 1.807) is 30.3 Å². The predicted octanol–water partition coefficient (Wildman–Crippen LogP) is 5.97. The van der Waals surface area contributed by atoms with E-state index in [1.165, 1.54) is 0 Å². The second kappa shape index (κ2) is 6.86. The number of nitrogens with one attached hydrogen (secondary N) is 1. The molecule has 0 aromatic heterocycles. The Balaban J connectivity index is 1.87. The summed E-state index contributed by atoms with van der Waals surface area (Å²) < 4.78 is 0. The van der Waals surface area contributed by atoms with Crippen LogP contribution in [0.3, 0.4) is 0 Å². The van der Waals surface area contributed by atoms with Crippen molar-refractivity contribution < 1.29 is 4.79 Å². The zero-order valence-corrected chi connectivity index (χ0v) is 13.6. The molecule has 3 rings (SSSR count). The third-order valence-corrected chi connectivity index (χ3v) is 4.04. The van der Waals surface area contributed by atoms with Crippen molar-refractivity contribution in [1.82, 2.24) is 0 Å². The topological polar surface area (TPSA) is 29.1 Å². The lowest BCUT2D eigenvalue weighted by Crippen LogP contribution is -2.02. The van der Waals surface area contributed by atoms with Crippen LogP contribution in [0.1, 0.15) is 15.9 Å². The quantitative estimate of drug-likeness (QED) is 0.592. The molecule has 0 bridgehead atoms. The van der Waals surface area contributed by atoms with Crippen LogP contribution < -0.4 is 5.32 Å². The molecule has 0 saturated heterocycles. The normalized spacial score (nSPS) is 10.3. The van der Waals surface area contributed by atoms with Gasteiger partial charge in [-0.2, -0.15) is 0 Å². The molecule has 0 spiro atoms. The number of carbonyl (C=O) groups is 1. The maximum absolute atomic E-state index is 12.5. The van der Waals surface area contributed by atoms with Gasteiger partial charge in [0.1, 0.15) is 0 Å². The van der Waals surface area contributed by atoms with Crippen LogP contribution >= 0.6 is 23.2 Å². The molecule has 0 saturated carbocycles. The standard InChI is InChI=1S/C19H13Cl2NO/c20-16-8-4-5-9-18(16)22-14-10-11-15(17(21)12-14)19(23)13-6-2-1-3-7-13/h1-12,22H. The molecule has 0 aliphatic heterocycles. The fourth-order valence-corrected chi connectivity index (χ4v) is 2.69. The van der Waals surface area contributed by atoms with E-state index in [0.29, 0.717) is 21.2 Å². The Morgan fingerprint density at radius 3 is 2.17 bits per heavy atom. The number of carbonyl (C=O) groups excluding carboxylic acids is 1. The Morgan fingerprint density at radius 2 is 1.48 bits per heavy atom. The number of benzene rings is 3. The van der Waals surface area contributed by atoms with Crippen LogP contribution in [0.2, 0.25) is 10.0 Å². The summed E-state index contributed by atoms with van der Waals surface area (Å²) in [6, 6.07) is 21.8. The molecular formula is C19H13Cl2NO. The Morgan fingerprint density at radius 1 is 0.783 bits per heavy atom. The largest absolute Gasteiger partial charge is 0.354 e. The summed E-state index contributed by atoms with van der Waals surface area (Å²) in [4.78, 5) is 12.5. The lowest BCUT2D eigenvalue weighted by molar-refractivity contribution is 0.103. The van der Waals surface area contributed by atoms with Crippen molar-refractivity contribution in [3.8, 4) is 0 Å². The van der Waals surface area contributed by atoms with Crippen LogP contribution in [0.15, 0.2) is 72.8 Å². The molecule has 0 unspecified atom stereocenters. The molecule has 0 aliphatic carbocycles. The van der Waals surface area contributed by atoms with E-state index in [2.05, 4.69) is 5.32 Å². The fraction of sp³-hybridized carbons (Fsp3) is 0. The summed E-state index contributed by atoms with van der Waals surface area (Å²) in [7, 11) is 0. The Labute approximate surface area is 144 Å². The van der Waals surface area contributed by atoms with Crippen LogP contribution in [0.25, 0.3) is 0 Å². The highest BCUT2D eigenvalue weighted by Crippen LogP contribution is 2.28. The van der Waals surface area contributed by atoms with Crippen LogP contribution in [0, 0.1) is 0 Å². The van der Waals surface area contributed by atoms with Crippen molar-refractivity contribution in [3.63, 3.8) is 0 Å². The van der Waals surface area contributed by atoms with Crippen molar-refractivity contribution in [2.45, 2.75) is 0 Å². The van der Waals surface area contributed by atoms with E-state index in [0.717, 1.165) is 11.4 Å². The van der Waals surface area contributed by atoms with Crippen molar-refractivity contribution in [1.29, 1.82) is 0 Å². The van der Waals surface area contributed by atoms with Crippen LogP contribution in [-0.2, 0) is 0 Å². The summed E-state index contributed by atoms with van der Waals surface area (Å²) in [5, 5.41) is 4.21. The van der Waals surface area contributed by atoms with Gasteiger partial charge in [0, 0.05) is 16.8 Å². The molecule has 0 amide bonds. The van der Waals surface area contributed by atoms with E-state index in [-0.39, 0.29) is 5.78 Å². The summed E-state index contributed by atoms with van der Waals surface area (Å²) >= 11 is 12.4. The van der Waals surface area contributed by atoms with E-state index in [4.69, 9.17) is 23.2 Å². The highest BCUT2D eigenvalue weighted by molar-refractivity contribution is 6.35. The SMILES string of the molecule is O=C(c1ccccc1)c1ccc(Nc2ccccc2Cl)cc1Cl. The molecule has 4 heteroatoms. The number of para-hydroxylation sites is 1. The number of hydrogen-bond donors (Lipinski definition) is 1. The van der Waals surface area contributed by atoms with Crippen molar-refractivity contribution >= 4 is 40.4 Å². The molecule has 1 N–H and O–H groups in total. The van der Waals surface area contributed by atoms with Crippen LogP contribution in [0.5, 0.6) is 0 Å². The van der Waals surface area contributed by atoms with Crippen LogP contribution in [-0.4, -0.2) is 5.78 Å². The highest BCUT2D eigenvalue weighted by Gasteiger charge is 2.13. The number of halogens is 2. The molecule has 23 heavy (non-hydrogen) atoms. The van der Waals surface area contributed by atoms with Gasteiger partial charge in [0.05, 0.1) is 15.7 Å². The predicted molar refractivity (Wildman–Crippen MR) is 96.1 cm³/mol. The summed E-state index contributed by atoms with van der Waals surface area (Å²) in [6.07, 6.45) is 0. The molecule has 2 nitrogen and oxygen atoms in total. The second-order valence-electron chi connectivity index (χ2n) is 4.99. The van der Waals surface area contributed by atoms with Crippen molar-refractivity contribution in [2.24, 2.45) is 0 Å². The highest BCUT2D eigenvalue weighted by atomic mass is 35.5. The first-order valence-electron chi connectivity index (χ1n) is 7.06. The van der Waals surface area contributed by atoms with Crippen molar-refractivity contribution in [2.75, 3.05) is 5.32 Å². The molecule has 0 radical (unpaired) electrons. The van der Waals surface area contributed by atoms with Crippen LogP contribution in [0.4, 0.5) is 11.4 Å². The third kappa shape index (κ3) is 3.55. The molecule has 0 atom stereocenters. The number of rotatable bonds is 4. The van der Waals surface area contributed by atoms with E-state index in [1.807, 2.05) is 42.5 Å². The van der Waals surface area contributed by atoms with Gasteiger partial charge in [-0.3, -0.25) is 4.79 Å². The summed E-state index contributed by atoms with van der Waals surface area (Å²) in [6.45, 7) is 0. The minimum atomic E-state index is -0.0973. The smallest absolute Gasteiger partial charge is 0.194 e. The van der Waals surface area contributed by atoms with Gasteiger partial charge < -0.3 is 5.32 Å². The monoisotopic (exact) mass is 341 g/mol. The molecule has 3 aromatic carbocycles. The van der Waals surface area contributed by atoms with E-state index in [9.17, 15) is 4.79 Å². The lowest BCUT2D eigenvalue weighted by atomic mass is 10.0. The van der Waals surface area contributed by atoms with Gasteiger partial charge in [0.2, 0.25) is 0 Å². The average Bonchev–Trinajstić information content (AvgIpc) is 2.57. The van der Waals surface area contributed by atoms with Gasteiger partial charge in [0.25, 0.3) is 0 Å². The molecule has 0 fully saturated rings. The molecular weight excluding hydrogens is 329 g/mol. The Bertz CT molecular complexity index is 847. The molecule has 3 aromatic rings. The van der Waals surface area contributed by atoms with E-state index >= 15 is 0 Å². The van der Waals surface area contributed by atoms with Gasteiger partial charge in [-0.25, -0.2) is 0 Å².